The number of carbonyl (C=O) groups excluding carboxylic acids is 1. The summed E-state index contributed by atoms with van der Waals surface area (Å²) in [6, 6.07) is 0. The van der Waals surface area contributed by atoms with E-state index in [0.717, 1.165) is 17.0 Å². The maximum Gasteiger partial charge on any atom is 0.397 e. The van der Waals surface area contributed by atoms with Gasteiger partial charge in [0.1, 0.15) is 6.42 Å². The molecule has 7 heteroatoms. The fourth-order valence-electron chi connectivity index (χ4n) is 2.32. The third-order valence-corrected chi connectivity index (χ3v) is 3.22. The Morgan fingerprint density at radius 1 is 1.47 bits per heavy atom. The van der Waals surface area contributed by atoms with Crippen molar-refractivity contribution in [1.29, 1.82) is 0 Å². The first-order valence-electron chi connectivity index (χ1n) is 6.18. The summed E-state index contributed by atoms with van der Waals surface area (Å²) >= 11 is 0. The molecule has 0 unspecified atom stereocenters. The molecule has 4 nitrogen and oxygen atoms in total. The molecule has 0 atom stereocenters. The number of hydrogen-bond acceptors (Lipinski definition) is 2. The standard InChI is InChI=1S/C12H16F3N3O/c1-7(2)11-8-3-4-18(6-9(8)16-17-11)10(19)5-12(13,14)15/h7H,3-6H2,1-2H3,(H,16,17). The van der Waals surface area contributed by atoms with E-state index in [0.29, 0.717) is 13.0 Å². The summed E-state index contributed by atoms with van der Waals surface area (Å²) in [4.78, 5) is 12.8. The number of alkyl halides is 3. The van der Waals surface area contributed by atoms with Crippen LogP contribution in [0.15, 0.2) is 0 Å². The van der Waals surface area contributed by atoms with E-state index in [-0.39, 0.29) is 12.5 Å². The third-order valence-electron chi connectivity index (χ3n) is 3.22. The molecule has 1 N–H and O–H groups in total. The van der Waals surface area contributed by atoms with Crippen LogP contribution in [0.25, 0.3) is 0 Å². The lowest BCUT2D eigenvalue weighted by molar-refractivity contribution is -0.162. The fourth-order valence-corrected chi connectivity index (χ4v) is 2.32. The zero-order valence-electron chi connectivity index (χ0n) is 10.8. The van der Waals surface area contributed by atoms with Crippen LogP contribution in [-0.2, 0) is 17.8 Å². The van der Waals surface area contributed by atoms with Crippen LogP contribution in [0.5, 0.6) is 0 Å². The van der Waals surface area contributed by atoms with Gasteiger partial charge in [-0.1, -0.05) is 13.8 Å². The Hall–Kier alpha value is -1.53. The van der Waals surface area contributed by atoms with E-state index in [1.165, 1.54) is 4.90 Å². The summed E-state index contributed by atoms with van der Waals surface area (Å²) in [5, 5.41) is 7.01. The first kappa shape index (κ1) is 13.9. The summed E-state index contributed by atoms with van der Waals surface area (Å²) in [6.07, 6.45) is -5.29. The van der Waals surface area contributed by atoms with Crippen LogP contribution < -0.4 is 0 Å². The third kappa shape index (κ3) is 3.08. The number of H-pyrrole nitrogens is 1. The second-order valence-electron chi connectivity index (χ2n) is 5.08. The van der Waals surface area contributed by atoms with Gasteiger partial charge in [-0.05, 0) is 12.3 Å². The molecule has 1 aromatic rings. The highest BCUT2D eigenvalue weighted by atomic mass is 19.4. The van der Waals surface area contributed by atoms with Crippen molar-refractivity contribution in [2.75, 3.05) is 6.54 Å². The highest BCUT2D eigenvalue weighted by Crippen LogP contribution is 2.27. The molecular formula is C12H16F3N3O. The molecule has 0 spiro atoms. The van der Waals surface area contributed by atoms with E-state index in [1.807, 2.05) is 13.8 Å². The predicted molar refractivity (Wildman–Crippen MR) is 62.5 cm³/mol. The summed E-state index contributed by atoms with van der Waals surface area (Å²) in [7, 11) is 0. The molecule has 0 radical (unpaired) electrons. The molecule has 2 heterocycles. The molecule has 1 aromatic heterocycles. The molecule has 106 valence electrons. The maximum atomic E-state index is 12.2. The van der Waals surface area contributed by atoms with Gasteiger partial charge in [0.25, 0.3) is 0 Å². The molecule has 1 amide bonds. The molecule has 0 bridgehead atoms. The molecule has 0 saturated carbocycles. The van der Waals surface area contributed by atoms with Gasteiger partial charge in [-0.15, -0.1) is 0 Å². The largest absolute Gasteiger partial charge is 0.397 e. The van der Waals surface area contributed by atoms with Crippen molar-refractivity contribution in [2.24, 2.45) is 0 Å². The first-order chi connectivity index (χ1) is 8.78. The molecule has 0 saturated heterocycles. The fraction of sp³-hybridized carbons (Fsp3) is 0.667. The van der Waals surface area contributed by atoms with Crippen molar-refractivity contribution in [3.8, 4) is 0 Å². The molecule has 0 aliphatic carbocycles. The minimum Gasteiger partial charge on any atom is -0.336 e. The second kappa shape index (κ2) is 4.86. The van der Waals surface area contributed by atoms with Gasteiger partial charge in [0.05, 0.1) is 17.9 Å². The van der Waals surface area contributed by atoms with Crippen LogP contribution in [0.3, 0.4) is 0 Å². The van der Waals surface area contributed by atoms with Crippen LogP contribution >= 0.6 is 0 Å². The van der Waals surface area contributed by atoms with Gasteiger partial charge in [-0.2, -0.15) is 18.3 Å². The number of halogens is 3. The minimum atomic E-state index is -4.45. The number of amides is 1. The van der Waals surface area contributed by atoms with Crippen LogP contribution in [0.4, 0.5) is 13.2 Å². The number of carbonyl (C=O) groups is 1. The minimum absolute atomic E-state index is 0.184. The lowest BCUT2D eigenvalue weighted by Gasteiger charge is -2.27. The predicted octanol–water partition coefficient (Wildman–Crippen LogP) is 2.37. The van der Waals surface area contributed by atoms with Crippen molar-refractivity contribution in [2.45, 2.75) is 45.3 Å². The molecule has 0 aromatic carbocycles. The number of hydrogen-bond donors (Lipinski definition) is 1. The van der Waals surface area contributed by atoms with Crippen molar-refractivity contribution >= 4 is 5.91 Å². The van der Waals surface area contributed by atoms with Crippen molar-refractivity contribution < 1.29 is 18.0 Å². The van der Waals surface area contributed by atoms with Gasteiger partial charge in [0, 0.05) is 12.1 Å². The topological polar surface area (TPSA) is 49.0 Å². The SMILES string of the molecule is CC(C)c1n[nH]c2c1CCN(C(=O)CC(F)(F)F)C2. The highest BCUT2D eigenvalue weighted by molar-refractivity contribution is 5.77. The number of aromatic nitrogens is 2. The monoisotopic (exact) mass is 275 g/mol. The van der Waals surface area contributed by atoms with E-state index >= 15 is 0 Å². The number of rotatable bonds is 2. The Balaban J connectivity index is 2.09. The zero-order chi connectivity index (χ0) is 14.2. The lowest BCUT2D eigenvalue weighted by Crippen LogP contribution is -2.38. The molecule has 1 aliphatic rings. The van der Waals surface area contributed by atoms with Gasteiger partial charge in [-0.3, -0.25) is 9.89 Å². The summed E-state index contributed by atoms with van der Waals surface area (Å²) in [5.41, 5.74) is 2.74. The van der Waals surface area contributed by atoms with Crippen molar-refractivity contribution in [3.05, 3.63) is 17.0 Å². The summed E-state index contributed by atoms with van der Waals surface area (Å²) in [5.74, 6) is -0.615. The van der Waals surface area contributed by atoms with Gasteiger partial charge in [0.2, 0.25) is 5.91 Å². The average Bonchev–Trinajstić information content (AvgIpc) is 2.68. The highest BCUT2D eigenvalue weighted by Gasteiger charge is 2.35. The Kier molecular flexibility index (Phi) is 3.56. The molecular weight excluding hydrogens is 259 g/mol. The molecule has 1 aliphatic heterocycles. The first-order valence-corrected chi connectivity index (χ1v) is 6.18. The quantitative estimate of drug-likeness (QED) is 0.900. The van der Waals surface area contributed by atoms with Crippen LogP contribution in [0, 0.1) is 0 Å². The van der Waals surface area contributed by atoms with E-state index in [2.05, 4.69) is 10.2 Å². The lowest BCUT2D eigenvalue weighted by atomic mass is 9.98. The number of fused-ring (bicyclic) bond motifs is 1. The molecule has 2 rings (SSSR count). The number of aromatic amines is 1. The Labute approximate surface area is 109 Å². The number of nitrogens with one attached hydrogen (secondary N) is 1. The number of nitrogens with zero attached hydrogens (tertiary/aromatic N) is 2. The average molecular weight is 275 g/mol. The maximum absolute atomic E-state index is 12.2. The zero-order valence-corrected chi connectivity index (χ0v) is 10.8. The van der Waals surface area contributed by atoms with Gasteiger partial charge in [0.15, 0.2) is 0 Å². The van der Waals surface area contributed by atoms with Crippen LogP contribution in [0.2, 0.25) is 0 Å². The molecule has 19 heavy (non-hydrogen) atoms. The van der Waals surface area contributed by atoms with Crippen LogP contribution in [0.1, 0.15) is 43.1 Å². The van der Waals surface area contributed by atoms with Crippen molar-refractivity contribution in [1.82, 2.24) is 15.1 Å². The van der Waals surface area contributed by atoms with Gasteiger partial charge in [-0.25, -0.2) is 0 Å². The summed E-state index contributed by atoms with van der Waals surface area (Å²) in [6.45, 7) is 4.53. The molecule has 0 fully saturated rings. The van der Waals surface area contributed by atoms with Gasteiger partial charge < -0.3 is 4.90 Å². The van der Waals surface area contributed by atoms with E-state index in [1.54, 1.807) is 0 Å². The van der Waals surface area contributed by atoms with Crippen molar-refractivity contribution in [3.63, 3.8) is 0 Å². The normalized spacial score (nSPS) is 15.8. The smallest absolute Gasteiger partial charge is 0.336 e. The van der Waals surface area contributed by atoms with Gasteiger partial charge >= 0.3 is 6.18 Å². The van der Waals surface area contributed by atoms with E-state index in [9.17, 15) is 18.0 Å². The Morgan fingerprint density at radius 3 is 2.74 bits per heavy atom. The van der Waals surface area contributed by atoms with E-state index < -0.39 is 18.5 Å². The Bertz CT molecular complexity index is 479. The van der Waals surface area contributed by atoms with E-state index in [4.69, 9.17) is 0 Å². The summed E-state index contributed by atoms with van der Waals surface area (Å²) < 4.78 is 36.6. The van der Waals surface area contributed by atoms with Crippen LogP contribution in [-0.4, -0.2) is 33.7 Å². The second-order valence-corrected chi connectivity index (χ2v) is 5.08. The Morgan fingerprint density at radius 2 is 2.16 bits per heavy atom.